The first-order valence-corrected chi connectivity index (χ1v) is 7.00. The Bertz CT molecular complexity index is 593. The summed E-state index contributed by atoms with van der Waals surface area (Å²) in [4.78, 5) is 14.2. The summed E-state index contributed by atoms with van der Waals surface area (Å²) in [7, 11) is 0. The van der Waals surface area contributed by atoms with E-state index < -0.39 is 0 Å². The zero-order valence-electron chi connectivity index (χ0n) is 12.1. The van der Waals surface area contributed by atoms with Crippen molar-refractivity contribution in [1.82, 2.24) is 0 Å². The van der Waals surface area contributed by atoms with Crippen molar-refractivity contribution < 1.29 is 9.18 Å². The third-order valence-corrected chi connectivity index (χ3v) is 3.22. The summed E-state index contributed by atoms with van der Waals surface area (Å²) < 4.78 is 12.9. The molecule has 0 aliphatic rings. The normalized spacial score (nSPS) is 10.4. The van der Waals surface area contributed by atoms with Crippen LogP contribution >= 0.6 is 0 Å². The molecule has 0 aromatic heterocycles. The maximum Gasteiger partial charge on any atom is 0.231 e. The fourth-order valence-electron chi connectivity index (χ4n) is 2.15. The number of hydrogen-bond acceptors (Lipinski definition) is 2. The van der Waals surface area contributed by atoms with Gasteiger partial charge in [-0.1, -0.05) is 19.1 Å². The summed E-state index contributed by atoms with van der Waals surface area (Å²) in [6.45, 7) is 2.67. The molecule has 2 N–H and O–H groups in total. The zero-order valence-corrected chi connectivity index (χ0v) is 12.1. The number of nitrogens with zero attached hydrogens (tertiary/aromatic N) is 1. The average Bonchev–Trinajstić information content (AvgIpc) is 2.48. The van der Waals surface area contributed by atoms with Gasteiger partial charge in [0.2, 0.25) is 5.91 Å². The van der Waals surface area contributed by atoms with E-state index in [9.17, 15) is 9.18 Å². The van der Waals surface area contributed by atoms with Crippen LogP contribution in [0.3, 0.4) is 0 Å². The maximum absolute atomic E-state index is 12.9. The predicted octanol–water partition coefficient (Wildman–Crippen LogP) is 3.39. The van der Waals surface area contributed by atoms with Crippen molar-refractivity contribution in [2.24, 2.45) is 0 Å². The molecule has 0 spiro atoms. The van der Waals surface area contributed by atoms with Crippen LogP contribution in [0.4, 0.5) is 15.8 Å². The Hall–Kier alpha value is -2.36. The number of nitrogens with two attached hydrogens (primary N) is 1. The molecule has 0 fully saturated rings. The van der Waals surface area contributed by atoms with Crippen molar-refractivity contribution in [2.75, 3.05) is 17.2 Å². The van der Waals surface area contributed by atoms with Crippen LogP contribution in [-0.2, 0) is 11.2 Å². The van der Waals surface area contributed by atoms with Gasteiger partial charge in [0.05, 0.1) is 6.42 Å². The highest BCUT2D eigenvalue weighted by atomic mass is 19.1. The monoisotopic (exact) mass is 286 g/mol. The number of anilines is 2. The third-order valence-electron chi connectivity index (χ3n) is 3.22. The summed E-state index contributed by atoms with van der Waals surface area (Å²) in [5.41, 5.74) is 7.98. The highest BCUT2D eigenvalue weighted by Gasteiger charge is 2.15. The van der Waals surface area contributed by atoms with E-state index >= 15 is 0 Å². The molecule has 0 heterocycles. The first-order chi connectivity index (χ1) is 10.1. The van der Waals surface area contributed by atoms with Crippen molar-refractivity contribution in [3.63, 3.8) is 0 Å². The van der Waals surface area contributed by atoms with Gasteiger partial charge in [0.25, 0.3) is 0 Å². The predicted molar refractivity (Wildman–Crippen MR) is 83.6 cm³/mol. The molecule has 110 valence electrons. The van der Waals surface area contributed by atoms with E-state index in [1.165, 1.54) is 12.1 Å². The van der Waals surface area contributed by atoms with Gasteiger partial charge in [-0.25, -0.2) is 4.39 Å². The molecule has 3 nitrogen and oxygen atoms in total. The fraction of sp³-hybridized carbons (Fsp3) is 0.235. The number of amides is 1. The lowest BCUT2D eigenvalue weighted by molar-refractivity contribution is -0.118. The molecular formula is C17H19FN2O. The topological polar surface area (TPSA) is 46.3 Å². The van der Waals surface area contributed by atoms with Crippen molar-refractivity contribution in [3.8, 4) is 0 Å². The van der Waals surface area contributed by atoms with Gasteiger partial charge in [-0.05, 0) is 48.4 Å². The van der Waals surface area contributed by atoms with E-state index in [-0.39, 0.29) is 18.1 Å². The second-order valence-electron chi connectivity index (χ2n) is 4.94. The van der Waals surface area contributed by atoms with Crippen LogP contribution in [0, 0.1) is 5.82 Å². The first-order valence-electron chi connectivity index (χ1n) is 7.00. The Morgan fingerprint density at radius 2 is 1.71 bits per heavy atom. The largest absolute Gasteiger partial charge is 0.399 e. The maximum atomic E-state index is 12.9. The Kier molecular flexibility index (Phi) is 4.93. The van der Waals surface area contributed by atoms with Crippen LogP contribution in [0.5, 0.6) is 0 Å². The molecule has 21 heavy (non-hydrogen) atoms. The number of carbonyl (C=O) groups is 1. The van der Waals surface area contributed by atoms with Crippen molar-refractivity contribution in [1.29, 1.82) is 0 Å². The minimum atomic E-state index is -0.296. The van der Waals surface area contributed by atoms with Gasteiger partial charge in [0.15, 0.2) is 0 Å². The first kappa shape index (κ1) is 15.0. The molecule has 0 aliphatic carbocycles. The van der Waals surface area contributed by atoms with E-state index in [2.05, 4.69) is 0 Å². The molecule has 4 heteroatoms. The Labute approximate surface area is 124 Å². The molecule has 0 saturated heterocycles. The van der Waals surface area contributed by atoms with E-state index in [1.54, 1.807) is 29.2 Å². The molecule has 1 amide bonds. The second kappa shape index (κ2) is 6.88. The minimum absolute atomic E-state index is 0.00627. The van der Waals surface area contributed by atoms with Gasteiger partial charge < -0.3 is 10.6 Å². The molecule has 0 unspecified atom stereocenters. The molecule has 2 aromatic carbocycles. The van der Waals surface area contributed by atoms with E-state index in [4.69, 9.17) is 5.73 Å². The van der Waals surface area contributed by atoms with Crippen molar-refractivity contribution in [3.05, 3.63) is 59.9 Å². The molecule has 0 saturated carbocycles. The molecule has 0 atom stereocenters. The molecule has 2 rings (SSSR count). The third kappa shape index (κ3) is 4.05. The van der Waals surface area contributed by atoms with Crippen LogP contribution in [0.15, 0.2) is 48.5 Å². The van der Waals surface area contributed by atoms with Crippen LogP contribution in [-0.4, -0.2) is 12.5 Å². The van der Waals surface area contributed by atoms with E-state index in [0.717, 1.165) is 17.7 Å². The lowest BCUT2D eigenvalue weighted by Gasteiger charge is -2.22. The van der Waals surface area contributed by atoms with Gasteiger partial charge in [-0.15, -0.1) is 0 Å². The van der Waals surface area contributed by atoms with Crippen LogP contribution in [0.25, 0.3) is 0 Å². The highest BCUT2D eigenvalue weighted by Crippen LogP contribution is 2.18. The van der Waals surface area contributed by atoms with Crippen molar-refractivity contribution in [2.45, 2.75) is 19.8 Å². The Morgan fingerprint density at radius 1 is 1.10 bits per heavy atom. The minimum Gasteiger partial charge on any atom is -0.399 e. The number of nitrogen functional groups attached to an aromatic ring is 1. The van der Waals surface area contributed by atoms with Crippen LogP contribution in [0.2, 0.25) is 0 Å². The number of carbonyl (C=O) groups excluding carboxylic acids is 1. The van der Waals surface area contributed by atoms with E-state index in [1.807, 2.05) is 19.1 Å². The van der Waals surface area contributed by atoms with Crippen molar-refractivity contribution >= 4 is 17.3 Å². The van der Waals surface area contributed by atoms with Gasteiger partial charge in [-0.3, -0.25) is 4.79 Å². The summed E-state index contributed by atoms with van der Waals surface area (Å²) >= 11 is 0. The van der Waals surface area contributed by atoms with E-state index in [0.29, 0.717) is 12.2 Å². The number of benzene rings is 2. The molecule has 0 bridgehead atoms. The standard InChI is InChI=1S/C17H19FN2O/c1-2-11-20(16-9-7-15(19)8-10-16)17(21)12-13-3-5-14(18)6-4-13/h3-10H,2,11-12,19H2,1H3. The number of rotatable bonds is 5. The summed E-state index contributed by atoms with van der Waals surface area (Å²) in [6, 6.07) is 13.3. The van der Waals surface area contributed by atoms with Gasteiger partial charge in [-0.2, -0.15) is 0 Å². The highest BCUT2D eigenvalue weighted by molar-refractivity contribution is 5.94. The Morgan fingerprint density at radius 3 is 2.29 bits per heavy atom. The fourth-order valence-corrected chi connectivity index (χ4v) is 2.15. The molecule has 0 radical (unpaired) electrons. The van der Waals surface area contributed by atoms with Crippen LogP contribution < -0.4 is 10.6 Å². The average molecular weight is 286 g/mol. The molecular weight excluding hydrogens is 267 g/mol. The molecule has 2 aromatic rings. The number of halogens is 1. The lowest BCUT2D eigenvalue weighted by Crippen LogP contribution is -2.32. The zero-order chi connectivity index (χ0) is 15.2. The quantitative estimate of drug-likeness (QED) is 0.856. The lowest BCUT2D eigenvalue weighted by atomic mass is 10.1. The van der Waals surface area contributed by atoms with Gasteiger partial charge in [0, 0.05) is 17.9 Å². The molecule has 0 aliphatic heterocycles. The Balaban J connectivity index is 2.15. The second-order valence-corrected chi connectivity index (χ2v) is 4.94. The van der Waals surface area contributed by atoms with Crippen LogP contribution in [0.1, 0.15) is 18.9 Å². The number of hydrogen-bond donors (Lipinski definition) is 1. The summed E-state index contributed by atoms with van der Waals surface area (Å²) in [5, 5.41) is 0. The summed E-state index contributed by atoms with van der Waals surface area (Å²) in [6.07, 6.45) is 1.12. The van der Waals surface area contributed by atoms with Gasteiger partial charge in [0.1, 0.15) is 5.82 Å². The summed E-state index contributed by atoms with van der Waals surface area (Å²) in [5.74, 6) is -0.302. The van der Waals surface area contributed by atoms with Gasteiger partial charge >= 0.3 is 0 Å². The SMILES string of the molecule is CCCN(C(=O)Cc1ccc(F)cc1)c1ccc(N)cc1. The smallest absolute Gasteiger partial charge is 0.231 e.